The van der Waals surface area contributed by atoms with Crippen LogP contribution in [-0.4, -0.2) is 17.7 Å². The summed E-state index contributed by atoms with van der Waals surface area (Å²) < 4.78 is 0. The van der Waals surface area contributed by atoms with Crippen LogP contribution in [0.5, 0.6) is 0 Å². The number of rotatable bonds is 9. The molecular formula is C32H32N2O. The van der Waals surface area contributed by atoms with E-state index in [0.717, 1.165) is 60.9 Å². The molecule has 35 heavy (non-hydrogen) atoms. The average Bonchev–Trinajstić information content (AvgIpc) is 2.91. The van der Waals surface area contributed by atoms with Crippen LogP contribution in [0.3, 0.4) is 0 Å². The predicted molar refractivity (Wildman–Crippen MR) is 143 cm³/mol. The van der Waals surface area contributed by atoms with E-state index in [2.05, 4.69) is 55.2 Å². The molecule has 4 rings (SSSR count). The molecule has 1 heterocycles. The van der Waals surface area contributed by atoms with E-state index in [4.69, 9.17) is 0 Å². The number of nitrogens with zero attached hydrogens (tertiary/aromatic N) is 2. The molecule has 1 atom stereocenters. The fourth-order valence-electron chi connectivity index (χ4n) is 4.84. The minimum atomic E-state index is -0.292. The second kappa shape index (κ2) is 11.5. The van der Waals surface area contributed by atoms with E-state index in [1.807, 2.05) is 54.6 Å². The van der Waals surface area contributed by atoms with Crippen molar-refractivity contribution in [3.05, 3.63) is 118 Å². The maximum atomic E-state index is 12.2. The molecule has 0 spiro atoms. The molecule has 1 unspecified atom stereocenters. The highest BCUT2D eigenvalue weighted by Gasteiger charge is 2.25. The third-order valence-electron chi connectivity index (χ3n) is 6.79. The van der Waals surface area contributed by atoms with E-state index in [1.54, 1.807) is 0 Å². The highest BCUT2D eigenvalue weighted by Crippen LogP contribution is 2.33. The number of allylic oxidation sites excluding steroid dienone is 3. The summed E-state index contributed by atoms with van der Waals surface area (Å²) in [7, 11) is 0. The molecule has 0 N–H and O–H groups in total. The molecule has 3 nitrogen and oxygen atoms in total. The van der Waals surface area contributed by atoms with Gasteiger partial charge >= 0.3 is 0 Å². The predicted octanol–water partition coefficient (Wildman–Crippen LogP) is 7.41. The third kappa shape index (κ3) is 5.61. The van der Waals surface area contributed by atoms with Gasteiger partial charge in [0.25, 0.3) is 0 Å². The van der Waals surface area contributed by atoms with Gasteiger partial charge in [0.15, 0.2) is 0 Å². The number of aldehydes is 1. The van der Waals surface area contributed by atoms with Gasteiger partial charge in [0, 0.05) is 12.2 Å². The number of hydrogen-bond acceptors (Lipinski definition) is 3. The van der Waals surface area contributed by atoms with Crippen LogP contribution >= 0.6 is 0 Å². The van der Waals surface area contributed by atoms with Gasteiger partial charge in [0.2, 0.25) is 0 Å². The fraction of sp³-hybridized carbons (Fsp3) is 0.250. The zero-order valence-corrected chi connectivity index (χ0v) is 20.6. The molecule has 3 heteroatoms. The van der Waals surface area contributed by atoms with Gasteiger partial charge in [-0.15, -0.1) is 0 Å². The largest absolute Gasteiger partial charge is 0.357 e. The molecule has 1 aliphatic rings. The Kier molecular flexibility index (Phi) is 7.95. The number of carbonyl (C=O) groups excluding carboxylic acids is 1. The quantitative estimate of drug-likeness (QED) is 0.312. The smallest absolute Gasteiger partial charge is 0.146 e. The summed E-state index contributed by atoms with van der Waals surface area (Å²) in [6, 6.07) is 28.3. The first-order valence-corrected chi connectivity index (χ1v) is 12.4. The Morgan fingerprint density at radius 1 is 1.00 bits per heavy atom. The summed E-state index contributed by atoms with van der Waals surface area (Å²) in [5.74, 6) is 0. The van der Waals surface area contributed by atoms with Crippen LogP contribution in [0.15, 0.2) is 102 Å². The van der Waals surface area contributed by atoms with Gasteiger partial charge in [-0.05, 0) is 71.7 Å². The standard InChI is InChI=1S/C32H32N2O/c1-3-4-10-28-19-24(2)34(32(23-35)27-11-6-5-7-12-27)22-30(28)20-25-15-17-26(18-16-25)31-14-9-8-13-29(31)21-33/h5-9,11-19,23,32H,3-4,10,20,22H2,1-2H3. The summed E-state index contributed by atoms with van der Waals surface area (Å²) in [5, 5.41) is 9.45. The Balaban J connectivity index is 1.61. The minimum Gasteiger partial charge on any atom is -0.357 e. The van der Waals surface area contributed by atoms with E-state index in [0.29, 0.717) is 5.56 Å². The number of unbranched alkanes of at least 4 members (excludes halogenated alkanes) is 1. The Bertz CT molecular complexity index is 1260. The van der Waals surface area contributed by atoms with Crippen LogP contribution in [0.1, 0.15) is 55.8 Å². The normalized spacial score (nSPS) is 14.3. The van der Waals surface area contributed by atoms with Gasteiger partial charge < -0.3 is 9.69 Å². The Morgan fingerprint density at radius 3 is 2.40 bits per heavy atom. The molecule has 0 aliphatic carbocycles. The first-order chi connectivity index (χ1) is 17.1. The molecule has 0 bridgehead atoms. The molecule has 0 amide bonds. The van der Waals surface area contributed by atoms with Crippen molar-refractivity contribution in [2.75, 3.05) is 6.54 Å². The van der Waals surface area contributed by atoms with Crippen molar-refractivity contribution in [3.8, 4) is 17.2 Å². The first-order valence-electron chi connectivity index (χ1n) is 12.4. The highest BCUT2D eigenvalue weighted by atomic mass is 16.1. The van der Waals surface area contributed by atoms with Crippen molar-refractivity contribution in [1.29, 1.82) is 5.26 Å². The molecule has 1 aliphatic heterocycles. The summed E-state index contributed by atoms with van der Waals surface area (Å²) >= 11 is 0. The lowest BCUT2D eigenvalue weighted by atomic mass is 9.90. The molecule has 0 fully saturated rings. The second-order valence-corrected chi connectivity index (χ2v) is 9.17. The van der Waals surface area contributed by atoms with Crippen LogP contribution in [0.4, 0.5) is 0 Å². The second-order valence-electron chi connectivity index (χ2n) is 9.17. The van der Waals surface area contributed by atoms with Crippen molar-refractivity contribution in [3.63, 3.8) is 0 Å². The number of nitriles is 1. The van der Waals surface area contributed by atoms with Crippen molar-refractivity contribution >= 4 is 6.29 Å². The van der Waals surface area contributed by atoms with Crippen molar-refractivity contribution in [2.24, 2.45) is 0 Å². The summed E-state index contributed by atoms with van der Waals surface area (Å²) in [6.45, 7) is 5.09. The Hall–Kier alpha value is -3.90. The van der Waals surface area contributed by atoms with E-state index in [9.17, 15) is 10.1 Å². The van der Waals surface area contributed by atoms with Crippen LogP contribution in [0, 0.1) is 11.3 Å². The van der Waals surface area contributed by atoms with Crippen molar-refractivity contribution in [2.45, 2.75) is 45.6 Å². The summed E-state index contributed by atoms with van der Waals surface area (Å²) in [5.41, 5.74) is 8.88. The zero-order chi connectivity index (χ0) is 24.6. The van der Waals surface area contributed by atoms with Crippen molar-refractivity contribution < 1.29 is 4.79 Å². The molecule has 0 saturated heterocycles. The summed E-state index contributed by atoms with van der Waals surface area (Å²) in [4.78, 5) is 14.4. The van der Waals surface area contributed by atoms with Gasteiger partial charge in [-0.25, -0.2) is 0 Å². The molecule has 3 aromatic rings. The molecular weight excluding hydrogens is 428 g/mol. The van der Waals surface area contributed by atoms with E-state index in [-0.39, 0.29) is 6.04 Å². The Labute approximate surface area is 209 Å². The summed E-state index contributed by atoms with van der Waals surface area (Å²) in [6.07, 6.45) is 7.56. The van der Waals surface area contributed by atoms with Crippen LogP contribution in [-0.2, 0) is 11.2 Å². The molecule has 0 aromatic heterocycles. The lowest BCUT2D eigenvalue weighted by Gasteiger charge is -2.36. The SMILES string of the molecule is CCCCC1=C(Cc2ccc(-c3ccccc3C#N)cc2)CN(C(C=O)c2ccccc2)C(C)=C1. The molecule has 3 aromatic carbocycles. The first kappa shape index (κ1) is 24.2. The average molecular weight is 461 g/mol. The number of hydrogen-bond donors (Lipinski definition) is 0. The fourth-order valence-corrected chi connectivity index (χ4v) is 4.84. The van der Waals surface area contributed by atoms with Gasteiger partial charge in [0.1, 0.15) is 12.3 Å². The van der Waals surface area contributed by atoms with Gasteiger partial charge in [0.05, 0.1) is 11.6 Å². The van der Waals surface area contributed by atoms with Gasteiger partial charge in [-0.2, -0.15) is 5.26 Å². The van der Waals surface area contributed by atoms with E-state index >= 15 is 0 Å². The molecule has 176 valence electrons. The zero-order valence-electron chi connectivity index (χ0n) is 20.6. The van der Waals surface area contributed by atoms with E-state index < -0.39 is 0 Å². The third-order valence-corrected chi connectivity index (χ3v) is 6.79. The minimum absolute atomic E-state index is 0.292. The van der Waals surface area contributed by atoms with Gasteiger partial charge in [-0.1, -0.05) is 86.1 Å². The number of carbonyl (C=O) groups is 1. The topological polar surface area (TPSA) is 44.1 Å². The van der Waals surface area contributed by atoms with Crippen LogP contribution in [0.2, 0.25) is 0 Å². The molecule has 0 radical (unpaired) electrons. The maximum absolute atomic E-state index is 12.2. The lowest BCUT2D eigenvalue weighted by molar-refractivity contribution is -0.111. The van der Waals surface area contributed by atoms with E-state index in [1.165, 1.54) is 16.7 Å². The number of benzene rings is 3. The highest BCUT2D eigenvalue weighted by molar-refractivity contribution is 5.70. The van der Waals surface area contributed by atoms with Crippen LogP contribution < -0.4 is 0 Å². The lowest BCUT2D eigenvalue weighted by Crippen LogP contribution is -2.33. The molecule has 0 saturated carbocycles. The van der Waals surface area contributed by atoms with Crippen molar-refractivity contribution in [1.82, 2.24) is 4.90 Å². The Morgan fingerprint density at radius 2 is 1.71 bits per heavy atom. The van der Waals surface area contributed by atoms with Gasteiger partial charge in [-0.3, -0.25) is 0 Å². The van der Waals surface area contributed by atoms with Crippen LogP contribution in [0.25, 0.3) is 11.1 Å². The monoisotopic (exact) mass is 460 g/mol. The maximum Gasteiger partial charge on any atom is 0.146 e.